The molecule has 0 aliphatic rings. The van der Waals surface area contributed by atoms with Crippen LogP contribution in [0.3, 0.4) is 0 Å². The minimum Gasteiger partial charge on any atom is -0.176 e. The summed E-state index contributed by atoms with van der Waals surface area (Å²) in [7, 11) is 0. The van der Waals surface area contributed by atoms with Gasteiger partial charge in [0.1, 0.15) is 0 Å². The van der Waals surface area contributed by atoms with E-state index in [0.717, 1.165) is 11.8 Å². The molecule has 0 radical (unpaired) electrons. The first-order valence-corrected chi connectivity index (χ1v) is 7.46. The molecule has 0 aromatic heterocycles. The molecule has 2 unspecified atom stereocenters. The third kappa shape index (κ3) is 8.50. The molecule has 0 nitrogen and oxygen atoms in total. The minimum atomic E-state index is 0.457. The van der Waals surface area contributed by atoms with E-state index < -0.39 is 0 Å². The second kappa shape index (κ2) is 7.63. The van der Waals surface area contributed by atoms with Gasteiger partial charge in [-0.3, -0.25) is 0 Å². The van der Waals surface area contributed by atoms with Crippen LogP contribution in [0.25, 0.3) is 0 Å². The topological polar surface area (TPSA) is 0 Å². The molecular weight excluding hydrogens is 212 g/mol. The van der Waals surface area contributed by atoms with Crippen molar-refractivity contribution in [2.75, 3.05) is 0 Å². The van der Waals surface area contributed by atoms with Crippen molar-refractivity contribution in [3.8, 4) is 0 Å². The lowest BCUT2D eigenvalue weighted by Crippen LogP contribution is -2.20. The summed E-state index contributed by atoms with van der Waals surface area (Å²) < 4.78 is 0. The van der Waals surface area contributed by atoms with Gasteiger partial charge in [0.05, 0.1) is 0 Å². The third-order valence-corrected chi connectivity index (χ3v) is 3.90. The summed E-state index contributed by atoms with van der Waals surface area (Å²) in [5.41, 5.74) is 0.457. The lowest BCUT2D eigenvalue weighted by Gasteiger charge is -2.30. The maximum atomic E-state index is 4.75. The first-order chi connectivity index (χ1) is 7.26. The van der Waals surface area contributed by atoms with Crippen molar-refractivity contribution >= 4 is 12.6 Å². The van der Waals surface area contributed by atoms with Gasteiger partial charge in [-0.1, -0.05) is 48.0 Å². The molecule has 0 rings (SSSR count). The van der Waals surface area contributed by atoms with Gasteiger partial charge >= 0.3 is 0 Å². The van der Waals surface area contributed by atoms with Crippen molar-refractivity contribution in [1.29, 1.82) is 0 Å². The molecule has 0 aliphatic heterocycles. The van der Waals surface area contributed by atoms with Crippen LogP contribution < -0.4 is 0 Å². The van der Waals surface area contributed by atoms with Crippen LogP contribution in [-0.4, -0.2) is 5.25 Å². The molecule has 0 N–H and O–H groups in total. The fourth-order valence-corrected chi connectivity index (χ4v) is 3.08. The van der Waals surface area contributed by atoms with Gasteiger partial charge < -0.3 is 0 Å². The lowest BCUT2D eigenvalue weighted by atomic mass is 9.78. The smallest absolute Gasteiger partial charge is 0.00219 e. The number of hydrogen-bond donors (Lipinski definition) is 1. The third-order valence-electron chi connectivity index (χ3n) is 3.46. The highest BCUT2D eigenvalue weighted by molar-refractivity contribution is 7.80. The molecule has 0 aliphatic carbocycles. The SMILES string of the molecule is CCC(C)CC(C)(C)CC(S)CCC(C)C. The largest absolute Gasteiger partial charge is 0.176 e. The molecule has 0 saturated heterocycles. The van der Waals surface area contributed by atoms with Crippen molar-refractivity contribution in [2.45, 2.75) is 78.9 Å². The molecule has 0 bridgehead atoms. The van der Waals surface area contributed by atoms with Crippen LogP contribution in [0.5, 0.6) is 0 Å². The summed E-state index contributed by atoms with van der Waals surface area (Å²) in [6.07, 6.45) is 6.47. The zero-order chi connectivity index (χ0) is 12.8. The normalized spacial score (nSPS) is 16.5. The fourth-order valence-electron chi connectivity index (χ4n) is 2.44. The minimum absolute atomic E-state index is 0.457. The van der Waals surface area contributed by atoms with Gasteiger partial charge in [-0.15, -0.1) is 0 Å². The molecule has 2 atom stereocenters. The van der Waals surface area contributed by atoms with Gasteiger partial charge in [-0.05, 0) is 42.9 Å². The Morgan fingerprint density at radius 1 is 1.00 bits per heavy atom. The van der Waals surface area contributed by atoms with Crippen LogP contribution in [-0.2, 0) is 0 Å². The Labute approximate surface area is 109 Å². The Kier molecular flexibility index (Phi) is 7.80. The molecule has 0 heterocycles. The molecule has 0 fully saturated rings. The van der Waals surface area contributed by atoms with Gasteiger partial charge in [-0.25, -0.2) is 0 Å². The summed E-state index contributed by atoms with van der Waals surface area (Å²) in [6.45, 7) is 14.0. The van der Waals surface area contributed by atoms with Gasteiger partial charge in [0.2, 0.25) is 0 Å². The Morgan fingerprint density at radius 3 is 2.00 bits per heavy atom. The summed E-state index contributed by atoms with van der Waals surface area (Å²) in [5.74, 6) is 1.66. The number of thiol groups is 1. The highest BCUT2D eigenvalue weighted by Gasteiger charge is 2.23. The van der Waals surface area contributed by atoms with E-state index in [-0.39, 0.29) is 0 Å². The van der Waals surface area contributed by atoms with E-state index in [1.165, 1.54) is 32.1 Å². The average Bonchev–Trinajstić information content (AvgIpc) is 2.13. The second-order valence-corrected chi connectivity index (χ2v) is 7.44. The predicted molar refractivity (Wildman–Crippen MR) is 79.3 cm³/mol. The molecular formula is C15H32S. The van der Waals surface area contributed by atoms with Gasteiger partial charge in [0.15, 0.2) is 0 Å². The van der Waals surface area contributed by atoms with Crippen molar-refractivity contribution in [3.63, 3.8) is 0 Å². The van der Waals surface area contributed by atoms with E-state index in [1.54, 1.807) is 0 Å². The molecule has 0 saturated carbocycles. The first kappa shape index (κ1) is 16.4. The summed E-state index contributed by atoms with van der Waals surface area (Å²) in [6, 6.07) is 0. The maximum Gasteiger partial charge on any atom is 0.00219 e. The van der Waals surface area contributed by atoms with E-state index >= 15 is 0 Å². The molecule has 98 valence electrons. The summed E-state index contributed by atoms with van der Waals surface area (Å²) in [4.78, 5) is 0. The van der Waals surface area contributed by atoms with Gasteiger partial charge in [0, 0.05) is 5.25 Å². The lowest BCUT2D eigenvalue weighted by molar-refractivity contribution is 0.247. The average molecular weight is 244 g/mol. The standard InChI is InChI=1S/C15H32S/c1-7-13(4)10-15(5,6)11-14(16)9-8-12(2)3/h12-14,16H,7-11H2,1-6H3. The summed E-state index contributed by atoms with van der Waals surface area (Å²) >= 11 is 4.75. The second-order valence-electron chi connectivity index (χ2n) is 6.71. The van der Waals surface area contributed by atoms with E-state index in [9.17, 15) is 0 Å². The van der Waals surface area contributed by atoms with Gasteiger partial charge in [-0.2, -0.15) is 12.6 Å². The fraction of sp³-hybridized carbons (Fsp3) is 1.00. The predicted octanol–water partition coefficient (Wildman–Crippen LogP) is 5.57. The summed E-state index contributed by atoms with van der Waals surface area (Å²) in [5, 5.41) is 0.585. The first-order valence-electron chi connectivity index (χ1n) is 6.95. The molecule has 0 aromatic rings. The van der Waals surface area contributed by atoms with Crippen LogP contribution in [0.15, 0.2) is 0 Å². The van der Waals surface area contributed by atoms with Crippen LogP contribution >= 0.6 is 12.6 Å². The quantitative estimate of drug-likeness (QED) is 0.530. The Hall–Kier alpha value is 0.350. The maximum absolute atomic E-state index is 4.75. The van der Waals surface area contributed by atoms with Crippen molar-refractivity contribution in [2.24, 2.45) is 17.3 Å². The highest BCUT2D eigenvalue weighted by Crippen LogP contribution is 2.34. The Morgan fingerprint density at radius 2 is 1.56 bits per heavy atom. The zero-order valence-electron chi connectivity index (χ0n) is 12.2. The number of hydrogen-bond acceptors (Lipinski definition) is 1. The van der Waals surface area contributed by atoms with Crippen LogP contribution in [0.4, 0.5) is 0 Å². The molecule has 0 aromatic carbocycles. The Bertz CT molecular complexity index is 172. The Balaban J connectivity index is 3.94. The van der Waals surface area contributed by atoms with E-state index in [4.69, 9.17) is 12.6 Å². The molecule has 16 heavy (non-hydrogen) atoms. The van der Waals surface area contributed by atoms with Crippen molar-refractivity contribution in [3.05, 3.63) is 0 Å². The van der Waals surface area contributed by atoms with Crippen molar-refractivity contribution < 1.29 is 0 Å². The highest BCUT2D eigenvalue weighted by atomic mass is 32.1. The van der Waals surface area contributed by atoms with E-state index in [1.807, 2.05) is 0 Å². The van der Waals surface area contributed by atoms with Gasteiger partial charge in [0.25, 0.3) is 0 Å². The molecule has 0 amide bonds. The van der Waals surface area contributed by atoms with Crippen LogP contribution in [0.2, 0.25) is 0 Å². The number of rotatable bonds is 8. The van der Waals surface area contributed by atoms with Crippen LogP contribution in [0.1, 0.15) is 73.6 Å². The zero-order valence-corrected chi connectivity index (χ0v) is 13.1. The van der Waals surface area contributed by atoms with Crippen molar-refractivity contribution in [1.82, 2.24) is 0 Å². The van der Waals surface area contributed by atoms with E-state index in [2.05, 4.69) is 41.5 Å². The van der Waals surface area contributed by atoms with E-state index in [0.29, 0.717) is 10.7 Å². The monoisotopic (exact) mass is 244 g/mol. The molecule has 1 heteroatoms. The van der Waals surface area contributed by atoms with Crippen LogP contribution in [0, 0.1) is 17.3 Å². The molecule has 0 spiro atoms.